The molecule has 0 radical (unpaired) electrons. The van der Waals surface area contributed by atoms with E-state index >= 15 is 0 Å². The summed E-state index contributed by atoms with van der Waals surface area (Å²) in [6, 6.07) is 8.88. The van der Waals surface area contributed by atoms with E-state index in [9.17, 15) is 24.6 Å². The number of aryl methyl sites for hydroxylation is 1. The van der Waals surface area contributed by atoms with Crippen molar-refractivity contribution in [1.82, 2.24) is 9.80 Å². The van der Waals surface area contributed by atoms with Crippen LogP contribution in [0.3, 0.4) is 0 Å². The molecule has 53 heavy (non-hydrogen) atoms. The van der Waals surface area contributed by atoms with Gasteiger partial charge in [0.25, 0.3) is 0 Å². The van der Waals surface area contributed by atoms with Crippen molar-refractivity contribution < 1.29 is 53.0 Å². The van der Waals surface area contributed by atoms with Gasteiger partial charge in [0, 0.05) is 47.0 Å². The van der Waals surface area contributed by atoms with Gasteiger partial charge in [-0.1, -0.05) is 36.4 Å². The van der Waals surface area contributed by atoms with Crippen LogP contribution in [0.2, 0.25) is 0 Å². The van der Waals surface area contributed by atoms with Crippen LogP contribution in [0.5, 0.6) is 28.7 Å². The number of phenolic OH excluding ortho intramolecular Hbond substituents is 1. The number of nitrogens with zero attached hydrogens (tertiary/aromatic N) is 2. The van der Waals surface area contributed by atoms with Gasteiger partial charge in [-0.2, -0.15) is 0 Å². The zero-order chi connectivity index (χ0) is 37.3. The molecule has 0 saturated carbocycles. The molecule has 1 unspecified atom stereocenters. The molecule has 0 spiro atoms. The highest BCUT2D eigenvalue weighted by molar-refractivity contribution is 7.99. The molecule has 0 amide bonds. The molecule has 278 valence electrons. The highest BCUT2D eigenvalue weighted by Gasteiger charge is 2.60. The molecule has 0 aliphatic carbocycles. The average Bonchev–Trinajstić information content (AvgIpc) is 3.63. The lowest BCUT2D eigenvalue weighted by atomic mass is 9.73. The van der Waals surface area contributed by atoms with Crippen molar-refractivity contribution in [2.24, 2.45) is 0 Å². The number of carbonyl (C=O) groups excluding carboxylic acids is 3. The van der Waals surface area contributed by atoms with Crippen molar-refractivity contribution in [3.05, 3.63) is 81.4 Å². The summed E-state index contributed by atoms with van der Waals surface area (Å²) in [4.78, 5) is 43.6. The number of methoxy groups -OCH3 is 1. The number of fused-ring (bicyclic) bond motifs is 10. The molecule has 2 fully saturated rings. The number of phenols is 1. The molecule has 9 rings (SSSR count). The molecule has 3 aromatic carbocycles. The largest absolute Gasteiger partial charge is 0.504 e. The van der Waals surface area contributed by atoms with Gasteiger partial charge in [-0.3, -0.25) is 14.6 Å². The van der Waals surface area contributed by atoms with Gasteiger partial charge in [0.1, 0.15) is 18.6 Å². The number of esters is 3. The molecule has 2 N–H and O–H groups in total. The Hall–Kier alpha value is -4.76. The predicted octanol–water partition coefficient (Wildman–Crippen LogP) is 4.28. The van der Waals surface area contributed by atoms with Gasteiger partial charge < -0.3 is 38.6 Å². The number of rotatable bonds is 5. The molecule has 0 aromatic heterocycles. The Bertz CT molecular complexity index is 2040. The third-order valence-corrected chi connectivity index (χ3v) is 12.3. The second-order valence-corrected chi connectivity index (χ2v) is 15.1. The summed E-state index contributed by atoms with van der Waals surface area (Å²) >= 11 is 1.31. The summed E-state index contributed by atoms with van der Waals surface area (Å²) in [5, 5.41) is 23.6. The zero-order valence-corrected chi connectivity index (χ0v) is 30.7. The number of hydrogen-bond acceptors (Lipinski definition) is 14. The molecule has 6 aliphatic heterocycles. The summed E-state index contributed by atoms with van der Waals surface area (Å²) in [7, 11) is 3.43. The quantitative estimate of drug-likeness (QED) is 0.217. The SMILES string of the molecule is COc1c(C)cc2c(c1O)[C@@H]1C3[C@@H]4SC[C@H](OC(=O)/C=C/c5ccccc5)C(=O)OC[C@@H](c5c6c(c(C)c(OC(C)=O)c54)OCO6)N3[C@@H](O)[C@H](C2)N1C. The fourth-order valence-electron chi connectivity index (χ4n) is 8.75. The van der Waals surface area contributed by atoms with E-state index in [0.717, 1.165) is 16.7 Å². The monoisotopic (exact) mass is 744 g/mol. The molecule has 4 bridgehead atoms. The van der Waals surface area contributed by atoms with Crippen molar-refractivity contribution in [2.45, 2.75) is 68.9 Å². The van der Waals surface area contributed by atoms with Crippen molar-refractivity contribution in [1.29, 1.82) is 0 Å². The fraction of sp³-hybridized carbons (Fsp3) is 0.410. The topological polar surface area (TPSA) is 154 Å². The molecular formula is C39H40N2O11S. The summed E-state index contributed by atoms with van der Waals surface area (Å²) < 4.78 is 35.4. The number of benzene rings is 3. The van der Waals surface area contributed by atoms with E-state index in [1.54, 1.807) is 13.0 Å². The van der Waals surface area contributed by atoms with Crippen molar-refractivity contribution in [3.8, 4) is 28.7 Å². The maximum Gasteiger partial charge on any atom is 0.348 e. The lowest BCUT2D eigenvalue weighted by Gasteiger charge is -2.62. The minimum atomic E-state index is -1.29. The third kappa shape index (κ3) is 5.70. The highest BCUT2D eigenvalue weighted by Crippen LogP contribution is 2.64. The van der Waals surface area contributed by atoms with Gasteiger partial charge in [0.05, 0.1) is 30.5 Å². The van der Waals surface area contributed by atoms with Gasteiger partial charge in [-0.15, -0.1) is 11.8 Å². The number of aromatic hydroxyl groups is 1. The van der Waals surface area contributed by atoms with Crippen LogP contribution in [0.15, 0.2) is 42.5 Å². The first kappa shape index (κ1) is 35.3. The van der Waals surface area contributed by atoms with Gasteiger partial charge >= 0.3 is 17.9 Å². The van der Waals surface area contributed by atoms with Gasteiger partial charge in [0.15, 0.2) is 23.0 Å². The number of thioether (sulfide) groups is 1. The van der Waals surface area contributed by atoms with E-state index in [0.29, 0.717) is 45.9 Å². The number of carbonyl (C=O) groups is 3. The Kier molecular flexibility index (Phi) is 9.04. The van der Waals surface area contributed by atoms with Crippen LogP contribution in [-0.2, 0) is 30.3 Å². The minimum absolute atomic E-state index is 0.0119. The number of aliphatic hydroxyl groups is 1. The first-order chi connectivity index (χ1) is 25.5. The molecule has 13 nitrogen and oxygen atoms in total. The molecular weight excluding hydrogens is 704 g/mol. The molecule has 7 atom stereocenters. The molecule has 14 heteroatoms. The Labute approximate surface area is 310 Å². The Balaban J connectivity index is 1.30. The Morgan fingerprint density at radius 1 is 1.04 bits per heavy atom. The van der Waals surface area contributed by atoms with Crippen LogP contribution in [0, 0.1) is 13.8 Å². The van der Waals surface area contributed by atoms with E-state index in [2.05, 4.69) is 4.90 Å². The lowest BCUT2D eigenvalue weighted by Crippen LogP contribution is -2.69. The van der Waals surface area contributed by atoms with Gasteiger partial charge in [-0.05, 0) is 50.1 Å². The standard InChI is InChI=1S/C39H40N2O11S/c1-18-13-22-14-23-38(45)41-24-15-48-39(46)25(52-26(43)12-11-21-9-7-6-8-10-21)16-53-37(31(41)30(40(23)4)27(22)32(44)33(18)47-5)29-28(24)36-35(49-17-50-36)19(2)34(29)51-20(3)42/h6-13,23-25,30-31,37-38,44-45H,14-17H2,1-5H3/b12-11+/t23-,24-,25-,30+,31?,37+,38-/m0/s1. The van der Waals surface area contributed by atoms with E-state index in [4.69, 9.17) is 28.4 Å². The van der Waals surface area contributed by atoms with Crippen LogP contribution in [0.25, 0.3) is 6.08 Å². The smallest absolute Gasteiger partial charge is 0.348 e. The Morgan fingerprint density at radius 2 is 1.79 bits per heavy atom. The second-order valence-electron chi connectivity index (χ2n) is 13.9. The first-order valence-corrected chi connectivity index (χ1v) is 18.5. The molecule has 2 saturated heterocycles. The summed E-state index contributed by atoms with van der Waals surface area (Å²) in [5.41, 5.74) is 4.86. The summed E-state index contributed by atoms with van der Waals surface area (Å²) in [5.74, 6) is -0.567. The second kappa shape index (κ2) is 13.6. The average molecular weight is 745 g/mol. The van der Waals surface area contributed by atoms with E-state index < -0.39 is 59.7 Å². The van der Waals surface area contributed by atoms with Crippen LogP contribution in [0.4, 0.5) is 0 Å². The van der Waals surface area contributed by atoms with Crippen molar-refractivity contribution in [3.63, 3.8) is 0 Å². The maximum atomic E-state index is 13.7. The number of hydrogen-bond donors (Lipinski definition) is 2. The maximum absolute atomic E-state index is 13.7. The van der Waals surface area contributed by atoms with Gasteiger partial charge in [0.2, 0.25) is 12.9 Å². The number of piperazine rings is 1. The Morgan fingerprint density at radius 3 is 2.53 bits per heavy atom. The van der Waals surface area contributed by atoms with Crippen LogP contribution < -0.4 is 18.9 Å². The van der Waals surface area contributed by atoms with E-state index in [-0.39, 0.29) is 30.7 Å². The molecule has 3 aromatic rings. The molecule has 6 heterocycles. The number of aliphatic hydroxyl groups excluding tert-OH is 1. The zero-order valence-electron chi connectivity index (χ0n) is 29.9. The lowest BCUT2D eigenvalue weighted by molar-refractivity contribution is -0.188. The van der Waals surface area contributed by atoms with Crippen molar-refractivity contribution >= 4 is 35.7 Å². The van der Waals surface area contributed by atoms with Crippen molar-refractivity contribution in [2.75, 3.05) is 33.3 Å². The minimum Gasteiger partial charge on any atom is -0.504 e. The van der Waals surface area contributed by atoms with Crippen LogP contribution >= 0.6 is 11.8 Å². The van der Waals surface area contributed by atoms with E-state index in [1.807, 2.05) is 55.3 Å². The predicted molar refractivity (Wildman–Crippen MR) is 192 cm³/mol. The number of ether oxygens (including phenoxy) is 6. The van der Waals surface area contributed by atoms with Crippen LogP contribution in [-0.4, -0.2) is 95.6 Å². The van der Waals surface area contributed by atoms with Crippen LogP contribution in [0.1, 0.15) is 63.2 Å². The van der Waals surface area contributed by atoms with E-state index in [1.165, 1.54) is 31.9 Å². The fourth-order valence-corrected chi connectivity index (χ4v) is 10.2. The highest BCUT2D eigenvalue weighted by atomic mass is 32.2. The van der Waals surface area contributed by atoms with Gasteiger partial charge in [-0.25, -0.2) is 9.59 Å². The molecule has 6 aliphatic rings. The normalized spacial score (nSPS) is 27.4. The first-order valence-electron chi connectivity index (χ1n) is 17.4. The third-order valence-electron chi connectivity index (χ3n) is 10.9. The summed E-state index contributed by atoms with van der Waals surface area (Å²) in [6.45, 7) is 4.64. The number of likely N-dealkylation sites (N-methyl/N-ethyl adjacent to an activating group) is 1. The summed E-state index contributed by atoms with van der Waals surface area (Å²) in [6.07, 6.45) is 0.951.